The first-order valence-corrected chi connectivity index (χ1v) is 12.8. The number of para-hydroxylation sites is 2. The Hall–Kier alpha value is -3.65. The van der Waals surface area contributed by atoms with Crippen molar-refractivity contribution >= 4 is 33.1 Å². The molecular weight excluding hydrogens is 536 g/mol. The summed E-state index contributed by atoms with van der Waals surface area (Å²) in [5.41, 5.74) is 5.46. The van der Waals surface area contributed by atoms with E-state index in [1.54, 1.807) is 28.4 Å². The third kappa shape index (κ3) is 4.62. The normalized spacial score (nSPS) is 18.6. The number of hydrogen-bond donors (Lipinski definition) is 2. The molecule has 7 nitrogen and oxygen atoms in total. The van der Waals surface area contributed by atoms with Crippen LogP contribution in [0.1, 0.15) is 35.9 Å². The van der Waals surface area contributed by atoms with Gasteiger partial charge in [-0.25, -0.2) is 0 Å². The van der Waals surface area contributed by atoms with Crippen LogP contribution < -0.4 is 29.6 Å². The Morgan fingerprint density at radius 2 is 1.46 bits per heavy atom. The molecule has 2 N–H and O–H groups in total. The number of rotatable bonds is 6. The highest BCUT2D eigenvalue weighted by molar-refractivity contribution is 9.10. The fraction of sp³-hybridized carbons (Fsp3) is 0.276. The maximum atomic E-state index is 13.9. The van der Waals surface area contributed by atoms with Gasteiger partial charge in [-0.15, -0.1) is 0 Å². The van der Waals surface area contributed by atoms with Gasteiger partial charge in [-0.1, -0.05) is 18.2 Å². The Bertz CT molecular complexity index is 1360. The van der Waals surface area contributed by atoms with Crippen LogP contribution in [-0.2, 0) is 4.79 Å². The van der Waals surface area contributed by atoms with Crippen LogP contribution in [0.4, 0.5) is 11.4 Å². The second-order valence-corrected chi connectivity index (χ2v) is 9.88. The molecule has 5 rings (SSSR count). The van der Waals surface area contributed by atoms with E-state index < -0.39 is 0 Å². The van der Waals surface area contributed by atoms with E-state index in [0.29, 0.717) is 30.1 Å². The first-order chi connectivity index (χ1) is 18.0. The summed E-state index contributed by atoms with van der Waals surface area (Å²) in [5.74, 6) is 2.46. The molecule has 0 saturated carbocycles. The quantitative estimate of drug-likeness (QED) is 0.355. The lowest BCUT2D eigenvalue weighted by molar-refractivity contribution is -0.116. The molecule has 37 heavy (non-hydrogen) atoms. The van der Waals surface area contributed by atoms with Gasteiger partial charge in [0.15, 0.2) is 17.3 Å². The average Bonchev–Trinajstić information content (AvgIpc) is 3.09. The Kier molecular flexibility index (Phi) is 7.02. The molecule has 0 unspecified atom stereocenters. The number of halogens is 1. The zero-order valence-corrected chi connectivity index (χ0v) is 22.8. The van der Waals surface area contributed by atoms with Crippen LogP contribution in [0, 0.1) is 0 Å². The third-order valence-electron chi connectivity index (χ3n) is 6.98. The van der Waals surface area contributed by atoms with E-state index in [1.165, 1.54) is 0 Å². The minimum atomic E-state index is -0.318. The van der Waals surface area contributed by atoms with Gasteiger partial charge in [0.1, 0.15) is 5.75 Å². The number of nitrogens with one attached hydrogen (secondary N) is 2. The summed E-state index contributed by atoms with van der Waals surface area (Å²) in [6.45, 7) is 0. The topological polar surface area (TPSA) is 78.1 Å². The smallest absolute Gasteiger partial charge is 0.203 e. The predicted molar refractivity (Wildman–Crippen MR) is 147 cm³/mol. The number of hydrogen-bond acceptors (Lipinski definition) is 7. The first kappa shape index (κ1) is 25.0. The Balaban J connectivity index is 1.60. The molecule has 0 saturated heterocycles. The summed E-state index contributed by atoms with van der Waals surface area (Å²) in [5, 5.41) is 7.20. The van der Waals surface area contributed by atoms with Gasteiger partial charge in [0.2, 0.25) is 5.75 Å². The molecule has 3 aromatic rings. The van der Waals surface area contributed by atoms with E-state index in [0.717, 1.165) is 44.0 Å². The standard InChI is InChI=1S/C29H29BrN2O5/c1-34-24-10-9-16(11-19(24)30)28-27-22(31-20-7-5-6-8-21(20)32-28)12-17(13-23(27)33)18-14-25(35-2)29(37-4)26(15-18)36-3/h5-11,14-15,17,28,31-32H,12-13H2,1-4H3/t17-,28+/m0/s1. The van der Waals surface area contributed by atoms with Crippen LogP contribution in [0.5, 0.6) is 23.0 Å². The minimum absolute atomic E-state index is 0.0547. The zero-order valence-electron chi connectivity index (χ0n) is 21.2. The van der Waals surface area contributed by atoms with Gasteiger partial charge < -0.3 is 29.6 Å². The van der Waals surface area contributed by atoms with E-state index in [2.05, 4.69) is 26.6 Å². The van der Waals surface area contributed by atoms with Crippen molar-refractivity contribution in [1.82, 2.24) is 0 Å². The van der Waals surface area contributed by atoms with Gasteiger partial charge in [0, 0.05) is 17.7 Å². The lowest BCUT2D eigenvalue weighted by Gasteiger charge is -2.30. The molecule has 2 aliphatic rings. The van der Waals surface area contributed by atoms with Crippen molar-refractivity contribution in [3.05, 3.63) is 81.5 Å². The lowest BCUT2D eigenvalue weighted by Crippen LogP contribution is -2.27. The predicted octanol–water partition coefficient (Wildman–Crippen LogP) is 6.46. The monoisotopic (exact) mass is 564 g/mol. The van der Waals surface area contributed by atoms with Crippen LogP contribution in [0.3, 0.4) is 0 Å². The molecular formula is C29H29BrN2O5. The fourth-order valence-electron chi connectivity index (χ4n) is 5.18. The van der Waals surface area contributed by atoms with Crippen LogP contribution >= 0.6 is 15.9 Å². The van der Waals surface area contributed by atoms with Crippen LogP contribution in [0.25, 0.3) is 0 Å². The van der Waals surface area contributed by atoms with Gasteiger partial charge in [0.25, 0.3) is 0 Å². The molecule has 0 radical (unpaired) electrons. The van der Waals surface area contributed by atoms with E-state index >= 15 is 0 Å². The van der Waals surface area contributed by atoms with Crippen molar-refractivity contribution in [2.24, 2.45) is 0 Å². The highest BCUT2D eigenvalue weighted by Gasteiger charge is 2.36. The molecule has 0 aromatic heterocycles. The number of fused-ring (bicyclic) bond motifs is 1. The molecule has 1 aliphatic heterocycles. The number of carbonyl (C=O) groups excluding carboxylic acids is 1. The number of ether oxygens (including phenoxy) is 4. The van der Waals surface area contributed by atoms with Gasteiger partial charge in [-0.3, -0.25) is 4.79 Å². The second kappa shape index (κ2) is 10.4. The molecule has 8 heteroatoms. The molecule has 2 atom stereocenters. The fourth-order valence-corrected chi connectivity index (χ4v) is 5.74. The molecule has 0 spiro atoms. The zero-order chi connectivity index (χ0) is 26.1. The largest absolute Gasteiger partial charge is 0.496 e. The SMILES string of the molecule is COc1ccc([C@H]2Nc3ccccc3NC3=C2C(=O)C[C@@H](c2cc(OC)c(OC)c(OC)c2)C3)cc1Br. The summed E-state index contributed by atoms with van der Waals surface area (Å²) in [6.07, 6.45) is 1.02. The number of ketones is 1. The molecule has 0 amide bonds. The molecule has 192 valence electrons. The molecule has 0 bridgehead atoms. The van der Waals surface area contributed by atoms with Crippen molar-refractivity contribution in [3.63, 3.8) is 0 Å². The van der Waals surface area contributed by atoms with E-state index in [-0.39, 0.29) is 17.7 Å². The maximum Gasteiger partial charge on any atom is 0.203 e. The van der Waals surface area contributed by atoms with E-state index in [1.807, 2.05) is 54.6 Å². The Labute approximate surface area is 224 Å². The number of anilines is 2. The van der Waals surface area contributed by atoms with E-state index in [9.17, 15) is 4.79 Å². The van der Waals surface area contributed by atoms with E-state index in [4.69, 9.17) is 18.9 Å². The van der Waals surface area contributed by atoms with Crippen molar-refractivity contribution in [1.29, 1.82) is 0 Å². The third-order valence-corrected chi connectivity index (χ3v) is 7.60. The van der Waals surface area contributed by atoms with Gasteiger partial charge >= 0.3 is 0 Å². The summed E-state index contributed by atoms with van der Waals surface area (Å²) in [6, 6.07) is 17.5. The van der Waals surface area contributed by atoms with Gasteiger partial charge in [-0.2, -0.15) is 0 Å². The molecule has 1 heterocycles. The minimum Gasteiger partial charge on any atom is -0.496 e. The van der Waals surface area contributed by atoms with Crippen molar-refractivity contribution in [2.75, 3.05) is 39.1 Å². The Morgan fingerprint density at radius 3 is 2.08 bits per heavy atom. The van der Waals surface area contributed by atoms with Crippen LogP contribution in [-0.4, -0.2) is 34.2 Å². The van der Waals surface area contributed by atoms with Crippen LogP contribution in [0.2, 0.25) is 0 Å². The summed E-state index contributed by atoms with van der Waals surface area (Å²) in [4.78, 5) is 13.9. The molecule has 0 fully saturated rings. The second-order valence-electron chi connectivity index (χ2n) is 9.02. The highest BCUT2D eigenvalue weighted by atomic mass is 79.9. The van der Waals surface area contributed by atoms with Gasteiger partial charge in [0.05, 0.1) is 50.3 Å². The number of Topliss-reactive ketones (excluding diaryl/α,β-unsaturated/α-hetero) is 1. The van der Waals surface area contributed by atoms with Crippen molar-refractivity contribution in [2.45, 2.75) is 24.8 Å². The molecule has 3 aromatic carbocycles. The summed E-state index contributed by atoms with van der Waals surface area (Å²) in [7, 11) is 6.42. The maximum absolute atomic E-state index is 13.9. The number of methoxy groups -OCH3 is 4. The number of benzene rings is 3. The first-order valence-electron chi connectivity index (χ1n) is 12.0. The summed E-state index contributed by atoms with van der Waals surface area (Å²) < 4.78 is 22.9. The average molecular weight is 565 g/mol. The van der Waals surface area contributed by atoms with Crippen molar-refractivity contribution in [3.8, 4) is 23.0 Å². The van der Waals surface area contributed by atoms with Crippen LogP contribution in [0.15, 0.2) is 70.3 Å². The Morgan fingerprint density at radius 1 is 0.784 bits per heavy atom. The highest BCUT2D eigenvalue weighted by Crippen LogP contribution is 2.47. The number of carbonyl (C=O) groups is 1. The van der Waals surface area contributed by atoms with Crippen molar-refractivity contribution < 1.29 is 23.7 Å². The lowest BCUT2D eigenvalue weighted by atomic mass is 9.78. The number of allylic oxidation sites excluding steroid dienone is 1. The van der Waals surface area contributed by atoms with Gasteiger partial charge in [-0.05, 0) is 75.8 Å². The summed E-state index contributed by atoms with van der Waals surface area (Å²) >= 11 is 3.60. The molecule has 1 aliphatic carbocycles.